The van der Waals surface area contributed by atoms with E-state index in [9.17, 15) is 13.6 Å². The van der Waals surface area contributed by atoms with Crippen LogP contribution >= 0.6 is 0 Å². The third-order valence-corrected chi connectivity index (χ3v) is 3.42. The van der Waals surface area contributed by atoms with Gasteiger partial charge < -0.3 is 10.4 Å². The number of amides is 1. The van der Waals surface area contributed by atoms with E-state index in [2.05, 4.69) is 5.32 Å². The van der Waals surface area contributed by atoms with Crippen LogP contribution in [0.25, 0.3) is 0 Å². The Bertz CT molecular complexity index is 458. The molecule has 2 rings (SSSR count). The number of carbonyl (C=O) groups is 1. The molecule has 0 heterocycles. The smallest absolute Gasteiger partial charge is 0.254 e. The fraction of sp³-hybridized carbons (Fsp3) is 0.462. The van der Waals surface area contributed by atoms with Gasteiger partial charge in [-0.25, -0.2) is 8.78 Å². The molecule has 18 heavy (non-hydrogen) atoms. The summed E-state index contributed by atoms with van der Waals surface area (Å²) in [7, 11) is 0. The van der Waals surface area contributed by atoms with Gasteiger partial charge in [0.05, 0.1) is 5.56 Å². The van der Waals surface area contributed by atoms with Crippen molar-refractivity contribution in [3.8, 4) is 0 Å². The molecule has 1 amide bonds. The van der Waals surface area contributed by atoms with Crippen LogP contribution in [0.15, 0.2) is 18.2 Å². The number of nitrogens with one attached hydrogen (secondary N) is 1. The van der Waals surface area contributed by atoms with Crippen LogP contribution in [0.2, 0.25) is 0 Å². The fourth-order valence-corrected chi connectivity index (χ4v) is 1.97. The average molecular weight is 255 g/mol. The first-order valence-corrected chi connectivity index (χ1v) is 5.91. The van der Waals surface area contributed by atoms with Gasteiger partial charge in [0.25, 0.3) is 5.91 Å². The number of rotatable bonds is 5. The van der Waals surface area contributed by atoms with Crippen molar-refractivity contribution in [2.45, 2.75) is 19.3 Å². The topological polar surface area (TPSA) is 49.3 Å². The number of aliphatic hydroxyl groups is 1. The maximum absolute atomic E-state index is 13.4. The summed E-state index contributed by atoms with van der Waals surface area (Å²) in [5, 5.41) is 11.5. The minimum Gasteiger partial charge on any atom is -0.396 e. The summed E-state index contributed by atoms with van der Waals surface area (Å²) in [5.41, 5.74) is -0.330. The molecule has 1 fully saturated rings. The van der Waals surface area contributed by atoms with Gasteiger partial charge >= 0.3 is 0 Å². The van der Waals surface area contributed by atoms with Gasteiger partial charge in [-0.3, -0.25) is 4.79 Å². The summed E-state index contributed by atoms with van der Waals surface area (Å²) in [4.78, 5) is 11.7. The summed E-state index contributed by atoms with van der Waals surface area (Å²) in [6, 6.07) is 3.52. The molecule has 2 N–H and O–H groups in total. The van der Waals surface area contributed by atoms with E-state index < -0.39 is 17.5 Å². The summed E-state index contributed by atoms with van der Waals surface area (Å²) in [6.45, 7) is 0.465. The molecule has 0 aliphatic heterocycles. The van der Waals surface area contributed by atoms with Crippen LogP contribution in [0, 0.1) is 17.0 Å². The normalized spacial score (nSPS) is 16.4. The molecule has 98 valence electrons. The van der Waals surface area contributed by atoms with Crippen molar-refractivity contribution in [3.05, 3.63) is 35.4 Å². The van der Waals surface area contributed by atoms with Crippen LogP contribution in [0.5, 0.6) is 0 Å². The van der Waals surface area contributed by atoms with Gasteiger partial charge in [-0.2, -0.15) is 0 Å². The van der Waals surface area contributed by atoms with Crippen LogP contribution < -0.4 is 5.32 Å². The lowest BCUT2D eigenvalue weighted by Gasteiger charge is -2.14. The first kappa shape index (κ1) is 13.0. The van der Waals surface area contributed by atoms with Crippen LogP contribution in [0.3, 0.4) is 0 Å². The predicted molar refractivity (Wildman–Crippen MR) is 62.1 cm³/mol. The number of carbonyl (C=O) groups excluding carboxylic acids is 1. The molecule has 0 atom stereocenters. The van der Waals surface area contributed by atoms with E-state index in [1.54, 1.807) is 0 Å². The van der Waals surface area contributed by atoms with Crippen LogP contribution in [-0.4, -0.2) is 24.2 Å². The number of aliphatic hydroxyl groups excluding tert-OH is 1. The molecule has 0 radical (unpaired) electrons. The lowest BCUT2D eigenvalue weighted by molar-refractivity contribution is 0.0935. The molecule has 5 heteroatoms. The molecular weight excluding hydrogens is 240 g/mol. The zero-order valence-electron chi connectivity index (χ0n) is 9.88. The molecule has 1 aromatic carbocycles. The first-order valence-electron chi connectivity index (χ1n) is 5.91. The van der Waals surface area contributed by atoms with Gasteiger partial charge in [0, 0.05) is 13.2 Å². The molecule has 0 aromatic heterocycles. The summed E-state index contributed by atoms with van der Waals surface area (Å²) >= 11 is 0. The molecule has 0 saturated heterocycles. The Morgan fingerprint density at radius 1 is 1.39 bits per heavy atom. The third-order valence-electron chi connectivity index (χ3n) is 3.42. The number of hydrogen-bond acceptors (Lipinski definition) is 2. The number of halogens is 2. The Balaban J connectivity index is 1.98. The quantitative estimate of drug-likeness (QED) is 0.843. The molecule has 1 aliphatic rings. The highest BCUT2D eigenvalue weighted by molar-refractivity contribution is 5.94. The zero-order chi connectivity index (χ0) is 13.2. The molecule has 0 unspecified atom stereocenters. The van der Waals surface area contributed by atoms with Crippen LogP contribution in [0.1, 0.15) is 29.6 Å². The Hall–Kier alpha value is -1.49. The van der Waals surface area contributed by atoms with Crippen molar-refractivity contribution in [1.82, 2.24) is 5.32 Å². The lowest BCUT2D eigenvalue weighted by Crippen LogP contribution is -2.31. The highest BCUT2D eigenvalue weighted by Gasteiger charge is 2.42. The highest BCUT2D eigenvalue weighted by atomic mass is 19.2. The Kier molecular flexibility index (Phi) is 3.61. The molecule has 0 bridgehead atoms. The van der Waals surface area contributed by atoms with E-state index in [1.807, 2.05) is 0 Å². The lowest BCUT2D eigenvalue weighted by atomic mass is 10.0. The monoisotopic (exact) mass is 255 g/mol. The van der Waals surface area contributed by atoms with Crippen molar-refractivity contribution >= 4 is 5.91 Å². The molecule has 1 aliphatic carbocycles. The van der Waals surface area contributed by atoms with E-state index >= 15 is 0 Å². The van der Waals surface area contributed by atoms with Gasteiger partial charge in [-0.05, 0) is 36.8 Å². The predicted octanol–water partition coefficient (Wildman–Crippen LogP) is 1.86. The molecule has 1 saturated carbocycles. The van der Waals surface area contributed by atoms with E-state index in [4.69, 9.17) is 5.11 Å². The number of hydrogen-bond donors (Lipinski definition) is 2. The van der Waals surface area contributed by atoms with E-state index in [1.165, 1.54) is 12.1 Å². The largest absolute Gasteiger partial charge is 0.396 e. The SMILES string of the molecule is O=C(NCC1(CCO)CC1)c1cccc(F)c1F. The second kappa shape index (κ2) is 5.02. The standard InChI is InChI=1S/C13H15F2NO2/c14-10-3-1-2-9(11(10)15)12(18)16-8-13(4-5-13)6-7-17/h1-3,17H,4-8H2,(H,16,18). The van der Waals surface area contributed by atoms with Crippen molar-refractivity contribution in [3.63, 3.8) is 0 Å². The third kappa shape index (κ3) is 2.67. The minimum absolute atomic E-state index is 0.0474. The maximum atomic E-state index is 13.4. The summed E-state index contributed by atoms with van der Waals surface area (Å²) in [5.74, 6) is -2.77. The van der Waals surface area contributed by atoms with Gasteiger partial charge in [0.1, 0.15) is 0 Å². The molecular formula is C13H15F2NO2. The second-order valence-corrected chi connectivity index (χ2v) is 4.76. The van der Waals surface area contributed by atoms with Crippen molar-refractivity contribution in [2.75, 3.05) is 13.2 Å². The Morgan fingerprint density at radius 3 is 2.72 bits per heavy atom. The van der Waals surface area contributed by atoms with E-state index in [-0.39, 0.29) is 17.6 Å². The van der Waals surface area contributed by atoms with Crippen molar-refractivity contribution < 1.29 is 18.7 Å². The molecule has 0 spiro atoms. The summed E-state index contributed by atoms with van der Waals surface area (Å²) in [6.07, 6.45) is 2.51. The maximum Gasteiger partial charge on any atom is 0.254 e. The van der Waals surface area contributed by atoms with Crippen LogP contribution in [-0.2, 0) is 0 Å². The zero-order valence-corrected chi connectivity index (χ0v) is 9.88. The second-order valence-electron chi connectivity index (χ2n) is 4.76. The molecule has 1 aromatic rings. The van der Waals surface area contributed by atoms with Gasteiger partial charge in [-0.1, -0.05) is 6.07 Å². The number of benzene rings is 1. The average Bonchev–Trinajstić information content (AvgIpc) is 3.11. The highest BCUT2D eigenvalue weighted by Crippen LogP contribution is 2.47. The minimum atomic E-state index is -1.12. The van der Waals surface area contributed by atoms with Gasteiger partial charge in [0.2, 0.25) is 0 Å². The van der Waals surface area contributed by atoms with Crippen LogP contribution in [0.4, 0.5) is 8.78 Å². The van der Waals surface area contributed by atoms with Crippen molar-refractivity contribution in [1.29, 1.82) is 0 Å². The van der Waals surface area contributed by atoms with Crippen molar-refractivity contribution in [2.24, 2.45) is 5.41 Å². The van der Waals surface area contributed by atoms with Gasteiger partial charge in [0.15, 0.2) is 11.6 Å². The first-order chi connectivity index (χ1) is 8.58. The van der Waals surface area contributed by atoms with E-state index in [0.29, 0.717) is 13.0 Å². The fourth-order valence-electron chi connectivity index (χ4n) is 1.97. The Morgan fingerprint density at radius 2 is 2.11 bits per heavy atom. The Labute approximate surface area is 104 Å². The summed E-state index contributed by atoms with van der Waals surface area (Å²) < 4.78 is 26.3. The van der Waals surface area contributed by atoms with E-state index in [0.717, 1.165) is 18.9 Å². The van der Waals surface area contributed by atoms with Gasteiger partial charge in [-0.15, -0.1) is 0 Å². The molecule has 3 nitrogen and oxygen atoms in total.